The maximum atomic E-state index is 12.7. The summed E-state index contributed by atoms with van der Waals surface area (Å²) >= 11 is 0. The molecule has 0 spiro atoms. The summed E-state index contributed by atoms with van der Waals surface area (Å²) in [4.78, 5) is 16.9. The molecular weight excluding hydrogens is 433 g/mol. The quantitative estimate of drug-likeness (QED) is 0.527. The highest BCUT2D eigenvalue weighted by atomic mass is 35.5. The van der Waals surface area contributed by atoms with Crippen LogP contribution in [0, 0.1) is 6.92 Å². The Balaban J connectivity index is 0.00000320. The van der Waals surface area contributed by atoms with Crippen LogP contribution in [0.2, 0.25) is 0 Å². The van der Waals surface area contributed by atoms with E-state index in [0.717, 1.165) is 21.4 Å². The molecule has 3 rings (SSSR count). The summed E-state index contributed by atoms with van der Waals surface area (Å²) in [6, 6.07) is 9.04. The minimum Gasteiger partial charge on any atom is -0.327 e. The van der Waals surface area contributed by atoms with Crippen LogP contribution in [0.3, 0.4) is 0 Å². The summed E-state index contributed by atoms with van der Waals surface area (Å²) in [7, 11) is -2.47. The van der Waals surface area contributed by atoms with Crippen LogP contribution in [0.5, 0.6) is 0 Å². The summed E-state index contributed by atoms with van der Waals surface area (Å²) < 4.78 is 36.8. The Labute approximate surface area is 180 Å². The van der Waals surface area contributed by atoms with E-state index in [1.807, 2.05) is 25.1 Å². The van der Waals surface area contributed by atoms with Gasteiger partial charge in [-0.25, -0.2) is 31.8 Å². The van der Waals surface area contributed by atoms with Crippen LogP contribution in [0.15, 0.2) is 59.6 Å². The maximum Gasteiger partial charge on any atom is 0.351 e. The van der Waals surface area contributed by atoms with Gasteiger partial charge in [-0.3, -0.25) is 0 Å². The number of hydrogen-bond acceptors (Lipinski definition) is 6. The van der Waals surface area contributed by atoms with Crippen molar-refractivity contribution in [3.8, 4) is 16.9 Å². The van der Waals surface area contributed by atoms with Crippen molar-refractivity contribution >= 4 is 23.1 Å². The number of halogens is 2. The van der Waals surface area contributed by atoms with E-state index in [-0.39, 0.29) is 36.8 Å². The summed E-state index contributed by atoms with van der Waals surface area (Å²) in [5.74, 6) is 0.422. The molecule has 160 valence electrons. The standard InChI is InChI=1S/C19H20FN5O3S.ClH/c1-13-6-17(16-4-2-14(3-5-16)11-29(27)28)9-22-18(13)24-12-23-25(19(24)26)10-15(7-20)8-21;/h2-7,9,12,29H,8,10-11,21H2,1H3;1H/b15-7+;. The molecule has 0 saturated carbocycles. The molecule has 0 amide bonds. The van der Waals surface area contributed by atoms with Crippen LogP contribution in [0.25, 0.3) is 16.9 Å². The number of hydrogen-bond donors (Lipinski definition) is 2. The van der Waals surface area contributed by atoms with E-state index in [1.165, 1.54) is 10.9 Å². The van der Waals surface area contributed by atoms with Gasteiger partial charge >= 0.3 is 5.69 Å². The third-order valence-corrected chi connectivity index (χ3v) is 5.00. The first-order valence-electron chi connectivity index (χ1n) is 8.73. The Morgan fingerprint density at radius 1 is 1.23 bits per heavy atom. The molecule has 2 heterocycles. The van der Waals surface area contributed by atoms with Crippen molar-refractivity contribution in [3.63, 3.8) is 0 Å². The van der Waals surface area contributed by atoms with Gasteiger partial charge in [-0.15, -0.1) is 12.4 Å². The molecule has 0 saturated heterocycles. The van der Waals surface area contributed by atoms with Crippen molar-refractivity contribution in [3.05, 3.63) is 76.4 Å². The van der Waals surface area contributed by atoms with Crippen molar-refractivity contribution in [1.29, 1.82) is 0 Å². The fourth-order valence-corrected chi connectivity index (χ4v) is 3.37. The Kier molecular flexibility index (Phi) is 8.04. The predicted octanol–water partition coefficient (Wildman–Crippen LogP) is 1.75. The van der Waals surface area contributed by atoms with Crippen molar-refractivity contribution in [1.82, 2.24) is 19.3 Å². The normalized spacial score (nSPS) is 11.5. The average molecular weight is 454 g/mol. The number of pyridine rings is 1. The average Bonchev–Trinajstić information content (AvgIpc) is 3.06. The van der Waals surface area contributed by atoms with E-state index in [0.29, 0.717) is 17.7 Å². The van der Waals surface area contributed by atoms with E-state index in [1.54, 1.807) is 18.3 Å². The van der Waals surface area contributed by atoms with Crippen LogP contribution < -0.4 is 11.4 Å². The molecule has 8 nitrogen and oxygen atoms in total. The van der Waals surface area contributed by atoms with Crippen molar-refractivity contribution in [2.45, 2.75) is 19.2 Å². The number of aromatic nitrogens is 4. The number of aryl methyl sites for hydroxylation is 1. The zero-order chi connectivity index (χ0) is 21.0. The zero-order valence-electron chi connectivity index (χ0n) is 16.1. The Hall–Kier alpha value is -2.82. The molecule has 0 aliphatic heterocycles. The highest BCUT2D eigenvalue weighted by Gasteiger charge is 2.12. The molecule has 0 unspecified atom stereocenters. The highest BCUT2D eigenvalue weighted by molar-refractivity contribution is 7.71. The van der Waals surface area contributed by atoms with Crippen LogP contribution in [0.1, 0.15) is 11.1 Å². The van der Waals surface area contributed by atoms with Crippen LogP contribution in [0.4, 0.5) is 4.39 Å². The number of nitrogens with two attached hydrogens (primary N) is 1. The molecule has 1 aromatic carbocycles. The number of benzene rings is 1. The highest BCUT2D eigenvalue weighted by Crippen LogP contribution is 2.22. The third kappa shape index (κ3) is 5.21. The van der Waals surface area contributed by atoms with E-state index in [2.05, 4.69) is 10.1 Å². The third-order valence-electron chi connectivity index (χ3n) is 4.38. The molecule has 2 N–H and O–H groups in total. The van der Waals surface area contributed by atoms with Gasteiger partial charge in [-0.1, -0.05) is 24.3 Å². The topological polar surface area (TPSA) is 113 Å². The fourth-order valence-electron chi connectivity index (χ4n) is 2.86. The van der Waals surface area contributed by atoms with Crippen molar-refractivity contribution in [2.24, 2.45) is 5.73 Å². The van der Waals surface area contributed by atoms with Gasteiger partial charge in [0.2, 0.25) is 0 Å². The minimum atomic E-state index is -2.47. The summed E-state index contributed by atoms with van der Waals surface area (Å²) in [6.45, 7) is 1.78. The van der Waals surface area contributed by atoms with Gasteiger partial charge in [0.15, 0.2) is 0 Å². The molecule has 0 radical (unpaired) electrons. The second kappa shape index (κ2) is 10.3. The minimum absolute atomic E-state index is 0. The molecule has 2 aromatic heterocycles. The molecule has 3 aromatic rings. The molecule has 0 aliphatic carbocycles. The lowest BCUT2D eigenvalue weighted by Crippen LogP contribution is -2.26. The number of nitrogens with zero attached hydrogens (tertiary/aromatic N) is 4. The van der Waals surface area contributed by atoms with Crippen LogP contribution >= 0.6 is 12.4 Å². The monoisotopic (exact) mass is 453 g/mol. The lowest BCUT2D eigenvalue weighted by atomic mass is 10.0. The lowest BCUT2D eigenvalue weighted by molar-refractivity contribution is 0.612. The second-order valence-corrected chi connectivity index (χ2v) is 7.45. The van der Waals surface area contributed by atoms with E-state index >= 15 is 0 Å². The first-order chi connectivity index (χ1) is 13.9. The van der Waals surface area contributed by atoms with Gasteiger partial charge in [0.05, 0.1) is 18.6 Å². The van der Waals surface area contributed by atoms with E-state index in [4.69, 9.17) is 5.73 Å². The maximum absolute atomic E-state index is 12.7. The summed E-state index contributed by atoms with van der Waals surface area (Å²) in [5.41, 5.74) is 8.40. The van der Waals surface area contributed by atoms with E-state index in [9.17, 15) is 17.6 Å². The SMILES string of the molecule is Cc1cc(-c2ccc(C[SH](=O)=O)cc2)cnc1-n1cnn(C/C(=C/F)CN)c1=O.Cl. The van der Waals surface area contributed by atoms with Gasteiger partial charge in [-0.05, 0) is 35.3 Å². The zero-order valence-corrected chi connectivity index (χ0v) is 17.8. The lowest BCUT2D eigenvalue weighted by Gasteiger charge is -2.08. The van der Waals surface area contributed by atoms with Gasteiger partial charge in [0.1, 0.15) is 22.8 Å². The van der Waals surface area contributed by atoms with Gasteiger partial charge in [-0.2, -0.15) is 5.10 Å². The first-order valence-corrected chi connectivity index (χ1v) is 10.1. The molecule has 11 heteroatoms. The Morgan fingerprint density at radius 2 is 1.93 bits per heavy atom. The molecule has 0 bridgehead atoms. The van der Waals surface area contributed by atoms with Crippen molar-refractivity contribution < 1.29 is 12.8 Å². The van der Waals surface area contributed by atoms with Gasteiger partial charge in [0, 0.05) is 18.3 Å². The molecular formula is C19H21ClFN5O3S. The van der Waals surface area contributed by atoms with E-state index < -0.39 is 16.4 Å². The summed E-state index contributed by atoms with van der Waals surface area (Å²) in [6.07, 6.45) is 3.34. The fraction of sp³-hybridized carbons (Fsp3) is 0.211. The van der Waals surface area contributed by atoms with Crippen LogP contribution in [-0.2, 0) is 23.0 Å². The molecule has 0 fully saturated rings. The predicted molar refractivity (Wildman–Crippen MR) is 115 cm³/mol. The second-order valence-electron chi connectivity index (χ2n) is 6.46. The van der Waals surface area contributed by atoms with Gasteiger partial charge in [0.25, 0.3) is 0 Å². The summed E-state index contributed by atoms with van der Waals surface area (Å²) in [5, 5.41) is 4.00. The molecule has 0 atom stereocenters. The molecule has 30 heavy (non-hydrogen) atoms. The number of thiol groups is 1. The first kappa shape index (κ1) is 23.5. The Bertz CT molecular complexity index is 1180. The smallest absolute Gasteiger partial charge is 0.327 e. The Morgan fingerprint density at radius 3 is 2.50 bits per heavy atom. The van der Waals surface area contributed by atoms with Crippen molar-refractivity contribution in [2.75, 3.05) is 6.54 Å². The van der Waals surface area contributed by atoms with Crippen LogP contribution in [-0.4, -0.2) is 34.3 Å². The largest absolute Gasteiger partial charge is 0.351 e. The molecule has 0 aliphatic rings. The van der Waals surface area contributed by atoms with Gasteiger partial charge < -0.3 is 5.73 Å². The number of rotatable bonds is 7.